The molecule has 0 amide bonds. The van der Waals surface area contributed by atoms with E-state index in [2.05, 4.69) is 17.9 Å². The molecule has 0 aromatic heterocycles. The van der Waals surface area contributed by atoms with Crippen LogP contribution in [0.5, 0.6) is 0 Å². The zero-order valence-corrected chi connectivity index (χ0v) is 6.65. The van der Waals surface area contributed by atoms with Crippen molar-refractivity contribution < 1.29 is 5.11 Å². The van der Waals surface area contributed by atoms with E-state index in [0.29, 0.717) is 6.42 Å². The van der Waals surface area contributed by atoms with Gasteiger partial charge in [0.25, 0.3) is 0 Å². The molecule has 56 valence electrons. The Bertz CT molecular complexity index is 153. The van der Waals surface area contributed by atoms with Gasteiger partial charge < -0.3 is 5.11 Å². The average molecular weight is 138 g/mol. The smallest absolute Gasteiger partial charge is 0.0540 e. The molecule has 0 aromatic carbocycles. The normalized spacial score (nSPS) is 7.90. The van der Waals surface area contributed by atoms with Gasteiger partial charge in [0.15, 0.2) is 0 Å². The van der Waals surface area contributed by atoms with Gasteiger partial charge in [-0.1, -0.05) is 17.6 Å². The fourth-order valence-electron chi connectivity index (χ4n) is 0.472. The van der Waals surface area contributed by atoms with E-state index in [1.54, 1.807) is 0 Å². The van der Waals surface area contributed by atoms with Crippen LogP contribution in [0.3, 0.4) is 0 Å². The van der Waals surface area contributed by atoms with Crippen LogP contribution >= 0.6 is 0 Å². The SMILES string of the molecule is CC(C)=CCC#CCCO. The van der Waals surface area contributed by atoms with Crippen LogP contribution in [-0.2, 0) is 0 Å². The Kier molecular flexibility index (Phi) is 5.91. The van der Waals surface area contributed by atoms with Crippen molar-refractivity contribution in [1.82, 2.24) is 0 Å². The summed E-state index contributed by atoms with van der Waals surface area (Å²) in [6.07, 6.45) is 3.48. The van der Waals surface area contributed by atoms with Crippen molar-refractivity contribution in [3.05, 3.63) is 11.6 Å². The number of hydrogen-bond acceptors (Lipinski definition) is 1. The van der Waals surface area contributed by atoms with Crippen LogP contribution in [0.2, 0.25) is 0 Å². The van der Waals surface area contributed by atoms with Crippen LogP contribution in [-0.4, -0.2) is 11.7 Å². The van der Waals surface area contributed by atoms with E-state index in [4.69, 9.17) is 5.11 Å². The van der Waals surface area contributed by atoms with Crippen molar-refractivity contribution in [2.75, 3.05) is 6.61 Å². The first-order valence-electron chi connectivity index (χ1n) is 3.47. The Labute approximate surface area is 62.8 Å². The number of aliphatic hydroxyl groups is 1. The quantitative estimate of drug-likeness (QED) is 0.455. The molecule has 0 atom stereocenters. The lowest BCUT2D eigenvalue weighted by Gasteiger charge is -1.82. The summed E-state index contributed by atoms with van der Waals surface area (Å²) in [7, 11) is 0. The third kappa shape index (κ3) is 7.26. The van der Waals surface area contributed by atoms with Gasteiger partial charge >= 0.3 is 0 Å². The predicted molar refractivity (Wildman–Crippen MR) is 43.5 cm³/mol. The fraction of sp³-hybridized carbons (Fsp3) is 0.556. The monoisotopic (exact) mass is 138 g/mol. The largest absolute Gasteiger partial charge is 0.395 e. The number of rotatable bonds is 2. The van der Waals surface area contributed by atoms with Crippen LogP contribution in [0, 0.1) is 11.8 Å². The van der Waals surface area contributed by atoms with Gasteiger partial charge in [0.05, 0.1) is 6.61 Å². The average Bonchev–Trinajstić information content (AvgIpc) is 1.87. The van der Waals surface area contributed by atoms with Crippen molar-refractivity contribution >= 4 is 0 Å². The molecule has 0 aromatic rings. The molecular weight excluding hydrogens is 124 g/mol. The highest BCUT2D eigenvalue weighted by Gasteiger charge is 1.73. The van der Waals surface area contributed by atoms with E-state index in [1.807, 2.05) is 13.8 Å². The highest BCUT2D eigenvalue weighted by Crippen LogP contribution is 1.90. The van der Waals surface area contributed by atoms with Gasteiger partial charge in [-0.2, -0.15) is 0 Å². The molecule has 1 nitrogen and oxygen atoms in total. The van der Waals surface area contributed by atoms with Gasteiger partial charge in [-0.15, -0.1) is 5.92 Å². The molecule has 0 saturated heterocycles. The van der Waals surface area contributed by atoms with Crippen molar-refractivity contribution in [3.63, 3.8) is 0 Å². The second-order valence-electron chi connectivity index (χ2n) is 2.31. The molecular formula is C9H14O. The highest BCUT2D eigenvalue weighted by atomic mass is 16.2. The third-order valence-corrected chi connectivity index (χ3v) is 0.974. The van der Waals surface area contributed by atoms with Crippen molar-refractivity contribution in [1.29, 1.82) is 0 Å². The molecule has 0 aliphatic rings. The van der Waals surface area contributed by atoms with E-state index in [1.165, 1.54) is 5.57 Å². The lowest BCUT2D eigenvalue weighted by Crippen LogP contribution is -1.75. The molecule has 0 radical (unpaired) electrons. The first kappa shape index (κ1) is 9.26. The Morgan fingerprint density at radius 3 is 2.60 bits per heavy atom. The number of hydrogen-bond donors (Lipinski definition) is 1. The van der Waals surface area contributed by atoms with E-state index in [0.717, 1.165) is 6.42 Å². The molecule has 1 heteroatoms. The molecule has 10 heavy (non-hydrogen) atoms. The van der Waals surface area contributed by atoms with E-state index >= 15 is 0 Å². The summed E-state index contributed by atoms with van der Waals surface area (Å²) >= 11 is 0. The van der Waals surface area contributed by atoms with Gasteiger partial charge in [-0.25, -0.2) is 0 Å². The fourth-order valence-corrected chi connectivity index (χ4v) is 0.472. The minimum Gasteiger partial charge on any atom is -0.395 e. The number of allylic oxidation sites excluding steroid dienone is 2. The zero-order chi connectivity index (χ0) is 7.82. The maximum Gasteiger partial charge on any atom is 0.0540 e. The van der Waals surface area contributed by atoms with E-state index in [-0.39, 0.29) is 6.61 Å². The van der Waals surface area contributed by atoms with E-state index in [9.17, 15) is 0 Å². The van der Waals surface area contributed by atoms with Gasteiger partial charge in [0.2, 0.25) is 0 Å². The summed E-state index contributed by atoms with van der Waals surface area (Å²) in [5.74, 6) is 5.78. The molecule has 0 aliphatic carbocycles. The molecule has 0 spiro atoms. The minimum atomic E-state index is 0.168. The maximum atomic E-state index is 8.36. The molecule has 0 bridgehead atoms. The first-order valence-corrected chi connectivity index (χ1v) is 3.47. The van der Waals surface area contributed by atoms with Gasteiger partial charge in [0.1, 0.15) is 0 Å². The summed E-state index contributed by atoms with van der Waals surface area (Å²) in [6.45, 7) is 4.27. The van der Waals surface area contributed by atoms with Crippen LogP contribution in [0.4, 0.5) is 0 Å². The topological polar surface area (TPSA) is 20.2 Å². The summed E-state index contributed by atoms with van der Waals surface area (Å²) in [5, 5.41) is 8.36. The van der Waals surface area contributed by atoms with Crippen LogP contribution in [0.15, 0.2) is 11.6 Å². The van der Waals surface area contributed by atoms with Crippen molar-refractivity contribution in [3.8, 4) is 11.8 Å². The van der Waals surface area contributed by atoms with Crippen molar-refractivity contribution in [2.45, 2.75) is 26.7 Å². The molecule has 0 aliphatic heterocycles. The lowest BCUT2D eigenvalue weighted by atomic mass is 10.3. The standard InChI is InChI=1S/C9H14O/c1-9(2)7-5-3-4-6-8-10/h7,10H,5-6,8H2,1-2H3. The molecule has 0 heterocycles. The van der Waals surface area contributed by atoms with Gasteiger partial charge in [-0.3, -0.25) is 0 Å². The summed E-state index contributed by atoms with van der Waals surface area (Å²) in [5.41, 5.74) is 1.29. The van der Waals surface area contributed by atoms with Crippen LogP contribution < -0.4 is 0 Å². The molecule has 1 N–H and O–H groups in total. The first-order chi connectivity index (χ1) is 4.77. The number of aliphatic hydroxyl groups excluding tert-OH is 1. The Balaban J connectivity index is 3.37. The Morgan fingerprint density at radius 2 is 2.10 bits per heavy atom. The highest BCUT2D eigenvalue weighted by molar-refractivity contribution is 5.07. The maximum absolute atomic E-state index is 8.36. The second kappa shape index (κ2) is 6.38. The summed E-state index contributed by atoms with van der Waals surface area (Å²) < 4.78 is 0. The minimum absolute atomic E-state index is 0.168. The molecule has 0 saturated carbocycles. The Hall–Kier alpha value is -0.740. The lowest BCUT2D eigenvalue weighted by molar-refractivity contribution is 0.305. The zero-order valence-electron chi connectivity index (χ0n) is 6.65. The summed E-state index contributed by atoms with van der Waals surface area (Å²) in [6, 6.07) is 0. The van der Waals surface area contributed by atoms with Gasteiger partial charge in [0, 0.05) is 12.8 Å². The van der Waals surface area contributed by atoms with Crippen molar-refractivity contribution in [2.24, 2.45) is 0 Å². The molecule has 0 rings (SSSR count). The van der Waals surface area contributed by atoms with E-state index < -0.39 is 0 Å². The summed E-state index contributed by atoms with van der Waals surface area (Å²) in [4.78, 5) is 0. The van der Waals surface area contributed by atoms with Gasteiger partial charge in [-0.05, 0) is 13.8 Å². The molecule has 0 fully saturated rings. The Morgan fingerprint density at radius 1 is 1.40 bits per heavy atom. The van der Waals surface area contributed by atoms with Crippen LogP contribution in [0.1, 0.15) is 26.7 Å². The molecule has 0 unspecified atom stereocenters. The second-order valence-corrected chi connectivity index (χ2v) is 2.31. The predicted octanol–water partition coefficient (Wildman–Crippen LogP) is 1.73. The third-order valence-electron chi connectivity index (χ3n) is 0.974. The van der Waals surface area contributed by atoms with Crippen LogP contribution in [0.25, 0.3) is 0 Å².